The molecule has 0 bridgehead atoms. The first-order valence-electron chi connectivity index (χ1n) is 6.21. The second-order valence-corrected chi connectivity index (χ2v) is 5.59. The second kappa shape index (κ2) is 5.16. The molecule has 0 N–H and O–H groups in total. The van der Waals surface area contributed by atoms with Crippen molar-refractivity contribution in [2.24, 2.45) is 0 Å². The minimum atomic E-state index is -0.164. The second-order valence-electron chi connectivity index (χ2n) is 4.61. The minimum Gasteiger partial charge on any atom is -0.290 e. The van der Waals surface area contributed by atoms with Crippen molar-refractivity contribution in [2.45, 2.75) is 25.4 Å². The van der Waals surface area contributed by atoms with Crippen molar-refractivity contribution in [1.29, 1.82) is 0 Å². The SMILES string of the molecule is Fc1ccc([C@H]2CCCN2Cc2nccs2)cc1. The van der Waals surface area contributed by atoms with Crippen LogP contribution >= 0.6 is 11.3 Å². The zero-order valence-electron chi connectivity index (χ0n) is 10.1. The van der Waals surface area contributed by atoms with Crippen molar-refractivity contribution < 1.29 is 4.39 Å². The van der Waals surface area contributed by atoms with Crippen LogP contribution in [0.3, 0.4) is 0 Å². The molecule has 18 heavy (non-hydrogen) atoms. The summed E-state index contributed by atoms with van der Waals surface area (Å²) in [5, 5.41) is 3.17. The van der Waals surface area contributed by atoms with E-state index < -0.39 is 0 Å². The van der Waals surface area contributed by atoms with E-state index in [0.29, 0.717) is 6.04 Å². The van der Waals surface area contributed by atoms with Gasteiger partial charge in [0.25, 0.3) is 0 Å². The van der Waals surface area contributed by atoms with Gasteiger partial charge in [-0.3, -0.25) is 4.90 Å². The van der Waals surface area contributed by atoms with Gasteiger partial charge in [0.05, 0.1) is 6.54 Å². The first-order chi connectivity index (χ1) is 8.83. The van der Waals surface area contributed by atoms with Gasteiger partial charge in [-0.2, -0.15) is 0 Å². The minimum absolute atomic E-state index is 0.164. The van der Waals surface area contributed by atoms with Crippen molar-refractivity contribution in [3.63, 3.8) is 0 Å². The first kappa shape index (κ1) is 11.8. The number of benzene rings is 1. The summed E-state index contributed by atoms with van der Waals surface area (Å²) in [5.41, 5.74) is 1.21. The maximum absolute atomic E-state index is 13.0. The fourth-order valence-electron chi connectivity index (χ4n) is 2.58. The maximum atomic E-state index is 13.0. The summed E-state index contributed by atoms with van der Waals surface area (Å²) in [4.78, 5) is 6.78. The Bertz CT molecular complexity index is 495. The highest BCUT2D eigenvalue weighted by Gasteiger charge is 2.26. The molecule has 1 atom stereocenters. The molecular weight excluding hydrogens is 247 g/mol. The van der Waals surface area contributed by atoms with Gasteiger partial charge < -0.3 is 0 Å². The molecule has 1 saturated heterocycles. The highest BCUT2D eigenvalue weighted by Crippen LogP contribution is 2.33. The lowest BCUT2D eigenvalue weighted by Gasteiger charge is -2.23. The molecule has 1 aromatic carbocycles. The number of halogens is 1. The topological polar surface area (TPSA) is 16.1 Å². The summed E-state index contributed by atoms with van der Waals surface area (Å²) in [6.07, 6.45) is 4.20. The fourth-order valence-corrected chi connectivity index (χ4v) is 3.22. The summed E-state index contributed by atoms with van der Waals surface area (Å²) in [6, 6.07) is 7.32. The molecule has 0 radical (unpaired) electrons. The third-order valence-corrected chi connectivity index (χ3v) is 4.20. The number of hydrogen-bond donors (Lipinski definition) is 0. The molecule has 0 spiro atoms. The van der Waals surface area contributed by atoms with Crippen LogP contribution in [0.15, 0.2) is 35.8 Å². The smallest absolute Gasteiger partial charge is 0.123 e. The zero-order valence-corrected chi connectivity index (χ0v) is 10.9. The Hall–Kier alpha value is -1.26. The number of aromatic nitrogens is 1. The van der Waals surface area contributed by atoms with Crippen LogP contribution < -0.4 is 0 Å². The standard InChI is InChI=1S/C14H15FN2S/c15-12-5-3-11(4-6-12)13-2-1-8-17(13)10-14-16-7-9-18-14/h3-7,9,13H,1-2,8,10H2/t13-/m1/s1. The van der Waals surface area contributed by atoms with Gasteiger partial charge in [0.1, 0.15) is 10.8 Å². The zero-order chi connectivity index (χ0) is 12.4. The molecule has 1 aromatic heterocycles. The number of thiazole rings is 1. The van der Waals surface area contributed by atoms with E-state index in [2.05, 4.69) is 9.88 Å². The maximum Gasteiger partial charge on any atom is 0.123 e. The molecular formula is C14H15FN2S. The molecule has 1 aliphatic rings. The molecule has 0 amide bonds. The van der Waals surface area contributed by atoms with Crippen LogP contribution in [0.1, 0.15) is 29.5 Å². The highest BCUT2D eigenvalue weighted by atomic mass is 32.1. The monoisotopic (exact) mass is 262 g/mol. The predicted octanol–water partition coefficient (Wildman–Crippen LogP) is 3.62. The van der Waals surface area contributed by atoms with Crippen LogP contribution in [-0.2, 0) is 6.54 Å². The summed E-state index contributed by atoms with van der Waals surface area (Å²) in [6.45, 7) is 2.00. The van der Waals surface area contributed by atoms with E-state index in [0.717, 1.165) is 24.5 Å². The molecule has 2 nitrogen and oxygen atoms in total. The Morgan fingerprint density at radius 1 is 1.33 bits per heavy atom. The molecule has 94 valence electrons. The Morgan fingerprint density at radius 3 is 2.89 bits per heavy atom. The fraction of sp³-hybridized carbons (Fsp3) is 0.357. The molecule has 2 heterocycles. The molecule has 1 aliphatic heterocycles. The number of rotatable bonds is 3. The predicted molar refractivity (Wildman–Crippen MR) is 70.9 cm³/mol. The van der Waals surface area contributed by atoms with E-state index >= 15 is 0 Å². The molecule has 0 aliphatic carbocycles. The molecule has 3 rings (SSSR count). The lowest BCUT2D eigenvalue weighted by atomic mass is 10.0. The molecule has 2 aromatic rings. The summed E-state index contributed by atoms with van der Waals surface area (Å²) in [5.74, 6) is -0.164. The summed E-state index contributed by atoms with van der Waals surface area (Å²) in [7, 11) is 0. The number of hydrogen-bond acceptors (Lipinski definition) is 3. The van der Waals surface area contributed by atoms with E-state index in [-0.39, 0.29) is 5.82 Å². The van der Waals surface area contributed by atoms with Crippen LogP contribution in [0.25, 0.3) is 0 Å². The van der Waals surface area contributed by atoms with Gasteiger partial charge in [-0.1, -0.05) is 12.1 Å². The lowest BCUT2D eigenvalue weighted by Crippen LogP contribution is -2.22. The summed E-state index contributed by atoms with van der Waals surface area (Å²) >= 11 is 1.70. The molecule has 0 unspecified atom stereocenters. The Morgan fingerprint density at radius 2 is 2.17 bits per heavy atom. The largest absolute Gasteiger partial charge is 0.290 e. The van der Waals surface area contributed by atoms with E-state index in [9.17, 15) is 4.39 Å². The van der Waals surface area contributed by atoms with Gasteiger partial charge >= 0.3 is 0 Å². The van der Waals surface area contributed by atoms with E-state index in [1.165, 1.54) is 12.0 Å². The normalized spacial score (nSPS) is 20.4. The van der Waals surface area contributed by atoms with Crippen molar-refractivity contribution in [2.75, 3.05) is 6.54 Å². The van der Waals surface area contributed by atoms with Crippen molar-refractivity contribution in [1.82, 2.24) is 9.88 Å². The van der Waals surface area contributed by atoms with Crippen molar-refractivity contribution in [3.05, 3.63) is 52.2 Å². The average molecular weight is 262 g/mol. The summed E-state index contributed by atoms with van der Waals surface area (Å²) < 4.78 is 13.0. The van der Waals surface area contributed by atoms with Gasteiger partial charge in [-0.25, -0.2) is 9.37 Å². The Kier molecular flexibility index (Phi) is 3.39. The van der Waals surface area contributed by atoms with Gasteiger partial charge in [0.2, 0.25) is 0 Å². The van der Waals surface area contributed by atoms with Gasteiger partial charge in [-0.15, -0.1) is 11.3 Å². The third kappa shape index (κ3) is 2.44. The third-order valence-electron chi connectivity index (χ3n) is 3.44. The molecule has 4 heteroatoms. The van der Waals surface area contributed by atoms with Crippen LogP contribution in [-0.4, -0.2) is 16.4 Å². The van der Waals surface area contributed by atoms with Crippen molar-refractivity contribution >= 4 is 11.3 Å². The van der Waals surface area contributed by atoms with Gasteiger partial charge in [-0.05, 0) is 37.1 Å². The van der Waals surface area contributed by atoms with Crippen LogP contribution in [0, 0.1) is 5.82 Å². The molecule has 0 saturated carbocycles. The number of nitrogens with zero attached hydrogens (tertiary/aromatic N) is 2. The van der Waals surface area contributed by atoms with Crippen LogP contribution in [0.5, 0.6) is 0 Å². The van der Waals surface area contributed by atoms with E-state index in [4.69, 9.17) is 0 Å². The lowest BCUT2D eigenvalue weighted by molar-refractivity contribution is 0.248. The Balaban J connectivity index is 1.76. The quantitative estimate of drug-likeness (QED) is 0.840. The van der Waals surface area contributed by atoms with Crippen LogP contribution in [0.4, 0.5) is 4.39 Å². The van der Waals surface area contributed by atoms with Crippen molar-refractivity contribution in [3.8, 4) is 0 Å². The average Bonchev–Trinajstić information content (AvgIpc) is 3.02. The van der Waals surface area contributed by atoms with E-state index in [1.807, 2.05) is 23.7 Å². The van der Waals surface area contributed by atoms with Gasteiger partial charge in [0, 0.05) is 17.6 Å². The van der Waals surface area contributed by atoms with Crippen LogP contribution in [0.2, 0.25) is 0 Å². The highest BCUT2D eigenvalue weighted by molar-refractivity contribution is 7.09. The first-order valence-corrected chi connectivity index (χ1v) is 7.09. The van der Waals surface area contributed by atoms with Gasteiger partial charge in [0.15, 0.2) is 0 Å². The molecule has 1 fully saturated rings. The van der Waals surface area contributed by atoms with E-state index in [1.54, 1.807) is 23.5 Å². The Labute approximate surface area is 110 Å². The number of likely N-dealkylation sites (tertiary alicyclic amines) is 1.